The number of rotatable bonds is 4. The molecule has 5 nitrogen and oxygen atoms in total. The molecule has 1 aliphatic heterocycles. The highest BCUT2D eigenvalue weighted by Gasteiger charge is 2.21. The van der Waals surface area contributed by atoms with Crippen molar-refractivity contribution in [2.75, 3.05) is 36.5 Å². The van der Waals surface area contributed by atoms with Crippen LogP contribution in [0.2, 0.25) is 0 Å². The van der Waals surface area contributed by atoms with Crippen LogP contribution in [0.25, 0.3) is 0 Å². The van der Waals surface area contributed by atoms with Gasteiger partial charge in [-0.15, -0.1) is 0 Å². The topological polar surface area (TPSA) is 61.3 Å². The summed E-state index contributed by atoms with van der Waals surface area (Å²) in [5.74, 6) is 2.05. The number of aryl methyl sites for hydroxylation is 1. The minimum atomic E-state index is 0.265. The number of hydrogen-bond acceptors (Lipinski definition) is 5. The smallest absolute Gasteiger partial charge is 0.224 e. The maximum atomic E-state index is 9.29. The van der Waals surface area contributed by atoms with Crippen LogP contribution in [0.15, 0.2) is 6.20 Å². The molecule has 0 aromatic carbocycles. The molecule has 2 rings (SSSR count). The SMILES string of the molecule is CCNc1ncc(C)c(N2CCCC(CO)C2)n1. The van der Waals surface area contributed by atoms with Crippen molar-refractivity contribution in [3.05, 3.63) is 11.8 Å². The molecule has 18 heavy (non-hydrogen) atoms. The highest BCUT2D eigenvalue weighted by Crippen LogP contribution is 2.24. The summed E-state index contributed by atoms with van der Waals surface area (Å²) in [6, 6.07) is 0. The van der Waals surface area contributed by atoms with Gasteiger partial charge < -0.3 is 15.3 Å². The predicted molar refractivity (Wildman–Crippen MR) is 73.0 cm³/mol. The summed E-state index contributed by atoms with van der Waals surface area (Å²) in [5.41, 5.74) is 1.09. The van der Waals surface area contributed by atoms with E-state index in [4.69, 9.17) is 0 Å². The molecule has 1 unspecified atom stereocenters. The maximum Gasteiger partial charge on any atom is 0.224 e. The van der Waals surface area contributed by atoms with E-state index in [-0.39, 0.29) is 6.61 Å². The number of aliphatic hydroxyl groups excluding tert-OH is 1. The third-order valence-electron chi connectivity index (χ3n) is 3.36. The van der Waals surface area contributed by atoms with Gasteiger partial charge in [-0.25, -0.2) is 4.98 Å². The van der Waals surface area contributed by atoms with E-state index in [0.717, 1.165) is 43.9 Å². The third-order valence-corrected chi connectivity index (χ3v) is 3.36. The Bertz CT molecular complexity index is 397. The zero-order chi connectivity index (χ0) is 13.0. The quantitative estimate of drug-likeness (QED) is 0.846. The highest BCUT2D eigenvalue weighted by molar-refractivity contribution is 5.49. The van der Waals surface area contributed by atoms with Gasteiger partial charge >= 0.3 is 0 Å². The van der Waals surface area contributed by atoms with E-state index in [1.54, 1.807) is 0 Å². The molecule has 1 aliphatic rings. The van der Waals surface area contributed by atoms with Gasteiger partial charge in [0.05, 0.1) is 0 Å². The lowest BCUT2D eigenvalue weighted by molar-refractivity contribution is 0.208. The van der Waals surface area contributed by atoms with Gasteiger partial charge in [0.15, 0.2) is 0 Å². The largest absolute Gasteiger partial charge is 0.396 e. The molecular weight excluding hydrogens is 228 g/mol. The third kappa shape index (κ3) is 2.90. The van der Waals surface area contributed by atoms with E-state index >= 15 is 0 Å². The molecule has 1 aromatic heterocycles. The van der Waals surface area contributed by atoms with Crippen LogP contribution in [0.1, 0.15) is 25.3 Å². The van der Waals surface area contributed by atoms with Crippen LogP contribution < -0.4 is 10.2 Å². The van der Waals surface area contributed by atoms with Crippen molar-refractivity contribution >= 4 is 11.8 Å². The van der Waals surface area contributed by atoms with E-state index in [9.17, 15) is 5.11 Å². The Hall–Kier alpha value is -1.36. The zero-order valence-electron chi connectivity index (χ0n) is 11.2. The Labute approximate surface area is 108 Å². The van der Waals surface area contributed by atoms with Crippen molar-refractivity contribution in [3.63, 3.8) is 0 Å². The summed E-state index contributed by atoms with van der Waals surface area (Å²) in [5, 5.41) is 12.4. The normalized spacial score (nSPS) is 19.9. The Morgan fingerprint density at radius 1 is 1.56 bits per heavy atom. The van der Waals surface area contributed by atoms with Gasteiger partial charge in [-0.05, 0) is 32.6 Å². The highest BCUT2D eigenvalue weighted by atomic mass is 16.3. The molecule has 0 bridgehead atoms. The van der Waals surface area contributed by atoms with Crippen molar-refractivity contribution in [2.45, 2.75) is 26.7 Å². The molecule has 0 aliphatic carbocycles. The van der Waals surface area contributed by atoms with Gasteiger partial charge in [0.2, 0.25) is 5.95 Å². The number of aromatic nitrogens is 2. The number of nitrogens with zero attached hydrogens (tertiary/aromatic N) is 3. The fourth-order valence-corrected chi connectivity index (χ4v) is 2.40. The monoisotopic (exact) mass is 250 g/mol. The van der Waals surface area contributed by atoms with Gasteiger partial charge in [0.25, 0.3) is 0 Å². The van der Waals surface area contributed by atoms with E-state index in [0.29, 0.717) is 11.9 Å². The summed E-state index contributed by atoms with van der Waals surface area (Å²) in [6.07, 6.45) is 4.09. The minimum absolute atomic E-state index is 0.265. The van der Waals surface area contributed by atoms with Crippen LogP contribution >= 0.6 is 0 Å². The number of aliphatic hydroxyl groups is 1. The molecule has 0 saturated carbocycles. The Morgan fingerprint density at radius 3 is 3.11 bits per heavy atom. The van der Waals surface area contributed by atoms with Crippen molar-refractivity contribution in [2.24, 2.45) is 5.92 Å². The second kappa shape index (κ2) is 6.00. The van der Waals surface area contributed by atoms with Crippen LogP contribution in [-0.4, -0.2) is 41.3 Å². The molecule has 0 spiro atoms. The van der Waals surface area contributed by atoms with Gasteiger partial charge in [-0.2, -0.15) is 4.98 Å². The van der Waals surface area contributed by atoms with E-state index in [2.05, 4.69) is 20.2 Å². The summed E-state index contributed by atoms with van der Waals surface area (Å²) < 4.78 is 0. The number of nitrogens with one attached hydrogen (secondary N) is 1. The summed E-state index contributed by atoms with van der Waals surface area (Å²) in [4.78, 5) is 11.1. The number of piperidine rings is 1. The maximum absolute atomic E-state index is 9.29. The molecule has 1 fully saturated rings. The first kappa shape index (κ1) is 13.1. The van der Waals surface area contributed by atoms with E-state index < -0.39 is 0 Å². The standard InChI is InChI=1S/C13H22N4O/c1-3-14-13-15-7-10(2)12(16-13)17-6-4-5-11(8-17)9-18/h7,11,18H,3-6,8-9H2,1-2H3,(H,14,15,16). The lowest BCUT2D eigenvalue weighted by Crippen LogP contribution is -2.37. The Morgan fingerprint density at radius 2 is 2.39 bits per heavy atom. The van der Waals surface area contributed by atoms with Crippen LogP contribution in [-0.2, 0) is 0 Å². The number of anilines is 2. The first-order chi connectivity index (χ1) is 8.74. The van der Waals surface area contributed by atoms with Crippen molar-refractivity contribution in [3.8, 4) is 0 Å². The fraction of sp³-hybridized carbons (Fsp3) is 0.692. The van der Waals surface area contributed by atoms with Crippen molar-refractivity contribution in [1.29, 1.82) is 0 Å². The van der Waals surface area contributed by atoms with Crippen LogP contribution in [0, 0.1) is 12.8 Å². The second-order valence-electron chi connectivity index (χ2n) is 4.87. The molecule has 1 saturated heterocycles. The van der Waals surface area contributed by atoms with Crippen LogP contribution in [0.4, 0.5) is 11.8 Å². The first-order valence-corrected chi connectivity index (χ1v) is 6.68. The van der Waals surface area contributed by atoms with Crippen LogP contribution in [0.5, 0.6) is 0 Å². The number of hydrogen-bond donors (Lipinski definition) is 2. The van der Waals surface area contributed by atoms with Crippen molar-refractivity contribution in [1.82, 2.24) is 9.97 Å². The molecule has 2 N–H and O–H groups in total. The van der Waals surface area contributed by atoms with E-state index in [1.807, 2.05) is 20.0 Å². The lowest BCUT2D eigenvalue weighted by Gasteiger charge is -2.33. The Balaban J connectivity index is 2.17. The second-order valence-corrected chi connectivity index (χ2v) is 4.87. The average Bonchev–Trinajstić information content (AvgIpc) is 2.41. The Kier molecular flexibility index (Phi) is 4.36. The summed E-state index contributed by atoms with van der Waals surface area (Å²) in [7, 11) is 0. The molecule has 2 heterocycles. The molecule has 5 heteroatoms. The minimum Gasteiger partial charge on any atom is -0.396 e. The predicted octanol–water partition coefficient (Wildman–Crippen LogP) is 1.43. The van der Waals surface area contributed by atoms with Gasteiger partial charge in [0, 0.05) is 38.0 Å². The van der Waals surface area contributed by atoms with Gasteiger partial charge in [-0.3, -0.25) is 0 Å². The molecule has 0 amide bonds. The summed E-state index contributed by atoms with van der Waals surface area (Å²) >= 11 is 0. The summed E-state index contributed by atoms with van der Waals surface area (Å²) in [6.45, 7) is 7.06. The molecule has 0 radical (unpaired) electrons. The molecule has 1 aromatic rings. The van der Waals surface area contributed by atoms with E-state index in [1.165, 1.54) is 0 Å². The van der Waals surface area contributed by atoms with Gasteiger partial charge in [-0.1, -0.05) is 0 Å². The first-order valence-electron chi connectivity index (χ1n) is 6.68. The lowest BCUT2D eigenvalue weighted by atomic mass is 9.99. The zero-order valence-corrected chi connectivity index (χ0v) is 11.2. The van der Waals surface area contributed by atoms with Crippen molar-refractivity contribution < 1.29 is 5.11 Å². The molecular formula is C13H22N4O. The fourth-order valence-electron chi connectivity index (χ4n) is 2.40. The van der Waals surface area contributed by atoms with Crippen LogP contribution in [0.3, 0.4) is 0 Å². The molecule has 1 atom stereocenters. The van der Waals surface area contributed by atoms with Gasteiger partial charge in [0.1, 0.15) is 5.82 Å². The molecule has 100 valence electrons. The average molecular weight is 250 g/mol.